The number of carbonyl (C=O) groups excluding carboxylic acids is 1. The Morgan fingerprint density at radius 1 is 1.48 bits per heavy atom. The number of aromatic nitrogens is 2. The minimum atomic E-state index is -3.16. The second-order valence-electron chi connectivity index (χ2n) is 5.22. The van der Waals surface area contributed by atoms with Gasteiger partial charge in [-0.15, -0.1) is 0 Å². The summed E-state index contributed by atoms with van der Waals surface area (Å²) in [5.41, 5.74) is 0.749. The number of carbonyl (C=O) groups is 1. The Morgan fingerprint density at radius 3 is 2.57 bits per heavy atom. The first-order chi connectivity index (χ1) is 9.79. The van der Waals surface area contributed by atoms with Crippen LogP contribution in [0.2, 0.25) is 5.02 Å². The van der Waals surface area contributed by atoms with E-state index in [0.29, 0.717) is 37.5 Å². The fourth-order valence-corrected chi connectivity index (χ4v) is 3.51. The molecule has 118 valence electrons. The molecule has 0 spiro atoms. The first-order valence-electron chi connectivity index (χ1n) is 6.68. The molecule has 0 atom stereocenters. The molecule has 1 N–H and O–H groups in total. The third kappa shape index (κ3) is 3.96. The molecule has 21 heavy (non-hydrogen) atoms. The molecule has 2 rings (SSSR count). The molecule has 0 saturated carbocycles. The number of aryl methyl sites for hydroxylation is 1. The van der Waals surface area contributed by atoms with E-state index in [0.717, 1.165) is 5.69 Å². The highest BCUT2D eigenvalue weighted by Gasteiger charge is 2.28. The van der Waals surface area contributed by atoms with Gasteiger partial charge >= 0.3 is 0 Å². The Balaban J connectivity index is 1.86. The van der Waals surface area contributed by atoms with Gasteiger partial charge in [0.1, 0.15) is 0 Å². The van der Waals surface area contributed by atoms with Gasteiger partial charge < -0.3 is 5.32 Å². The molecule has 7 nitrogen and oxygen atoms in total. The maximum absolute atomic E-state index is 12.1. The molecule has 1 fully saturated rings. The highest BCUT2D eigenvalue weighted by Crippen LogP contribution is 2.20. The van der Waals surface area contributed by atoms with Gasteiger partial charge in [0.15, 0.2) is 0 Å². The van der Waals surface area contributed by atoms with Gasteiger partial charge in [0, 0.05) is 26.1 Å². The predicted molar refractivity (Wildman–Crippen MR) is 79.2 cm³/mol. The van der Waals surface area contributed by atoms with Gasteiger partial charge in [-0.3, -0.25) is 9.48 Å². The standard InChI is InChI=1S/C12H19ClN4O3S/c1-16-11(10(13)7-15-16)8-14-12(18)9-3-5-17(6-4-9)21(2,19)20/h7,9H,3-6,8H2,1-2H3,(H,14,18). The molecule has 1 amide bonds. The lowest BCUT2D eigenvalue weighted by Crippen LogP contribution is -2.42. The second kappa shape index (κ2) is 6.33. The van der Waals surface area contributed by atoms with E-state index in [9.17, 15) is 13.2 Å². The first kappa shape index (κ1) is 16.3. The molecule has 1 aromatic heterocycles. The van der Waals surface area contributed by atoms with E-state index in [1.807, 2.05) is 0 Å². The topological polar surface area (TPSA) is 84.3 Å². The molecular formula is C12H19ClN4O3S. The highest BCUT2D eigenvalue weighted by atomic mass is 35.5. The molecule has 0 unspecified atom stereocenters. The normalized spacial score (nSPS) is 17.9. The summed E-state index contributed by atoms with van der Waals surface area (Å²) in [4.78, 5) is 12.1. The van der Waals surface area contributed by atoms with Crippen molar-refractivity contribution >= 4 is 27.5 Å². The van der Waals surface area contributed by atoms with E-state index in [2.05, 4.69) is 10.4 Å². The number of sulfonamides is 1. The second-order valence-corrected chi connectivity index (χ2v) is 7.61. The summed E-state index contributed by atoms with van der Waals surface area (Å²) in [6.45, 7) is 1.10. The molecule has 1 aromatic rings. The van der Waals surface area contributed by atoms with E-state index < -0.39 is 10.0 Å². The molecule has 0 aromatic carbocycles. The van der Waals surface area contributed by atoms with Crippen LogP contribution in [0.1, 0.15) is 18.5 Å². The van der Waals surface area contributed by atoms with Crippen molar-refractivity contribution in [3.8, 4) is 0 Å². The van der Waals surface area contributed by atoms with E-state index in [4.69, 9.17) is 11.6 Å². The van der Waals surface area contributed by atoms with Gasteiger partial charge in [0.25, 0.3) is 0 Å². The summed E-state index contributed by atoms with van der Waals surface area (Å²) in [6.07, 6.45) is 3.81. The van der Waals surface area contributed by atoms with Crippen molar-refractivity contribution < 1.29 is 13.2 Å². The fourth-order valence-electron chi connectivity index (χ4n) is 2.40. The maximum Gasteiger partial charge on any atom is 0.223 e. The van der Waals surface area contributed by atoms with Crippen molar-refractivity contribution in [2.24, 2.45) is 13.0 Å². The van der Waals surface area contributed by atoms with Crippen LogP contribution in [0.15, 0.2) is 6.20 Å². The molecular weight excluding hydrogens is 316 g/mol. The summed E-state index contributed by atoms with van der Waals surface area (Å²) >= 11 is 5.98. The lowest BCUT2D eigenvalue weighted by molar-refractivity contribution is -0.126. The monoisotopic (exact) mass is 334 g/mol. The van der Waals surface area contributed by atoms with E-state index in [1.54, 1.807) is 11.7 Å². The molecule has 9 heteroatoms. The van der Waals surface area contributed by atoms with Gasteiger partial charge in [-0.1, -0.05) is 11.6 Å². The summed E-state index contributed by atoms with van der Waals surface area (Å²) in [7, 11) is -1.40. The summed E-state index contributed by atoms with van der Waals surface area (Å²) in [5.74, 6) is -0.226. The average Bonchev–Trinajstić information content (AvgIpc) is 2.75. The molecule has 0 radical (unpaired) electrons. The van der Waals surface area contributed by atoms with Gasteiger partial charge in [0.05, 0.1) is 29.7 Å². The molecule has 2 heterocycles. The fraction of sp³-hybridized carbons (Fsp3) is 0.667. The Kier molecular flexibility index (Phi) is 4.90. The number of hydrogen-bond acceptors (Lipinski definition) is 4. The molecule has 0 aliphatic carbocycles. The Morgan fingerprint density at radius 2 is 2.10 bits per heavy atom. The van der Waals surface area contributed by atoms with Crippen molar-refractivity contribution in [3.05, 3.63) is 16.9 Å². The third-order valence-electron chi connectivity index (χ3n) is 3.73. The lowest BCUT2D eigenvalue weighted by atomic mass is 9.97. The van der Waals surface area contributed by atoms with E-state index >= 15 is 0 Å². The number of hydrogen-bond donors (Lipinski definition) is 1. The number of nitrogens with one attached hydrogen (secondary N) is 1. The number of amides is 1. The van der Waals surface area contributed by atoms with Crippen LogP contribution in [0.25, 0.3) is 0 Å². The lowest BCUT2D eigenvalue weighted by Gasteiger charge is -2.29. The molecule has 0 bridgehead atoms. The highest BCUT2D eigenvalue weighted by molar-refractivity contribution is 7.88. The predicted octanol–water partition coefficient (Wildman–Crippen LogP) is 0.361. The molecule has 1 aliphatic heterocycles. The Hall–Kier alpha value is -1.12. The number of nitrogens with zero attached hydrogens (tertiary/aromatic N) is 3. The zero-order valence-corrected chi connectivity index (χ0v) is 13.6. The van der Waals surface area contributed by atoms with Crippen molar-refractivity contribution in [2.75, 3.05) is 19.3 Å². The minimum Gasteiger partial charge on any atom is -0.350 e. The van der Waals surface area contributed by atoms with Crippen molar-refractivity contribution in [2.45, 2.75) is 19.4 Å². The van der Waals surface area contributed by atoms with Crippen LogP contribution in [-0.4, -0.2) is 47.8 Å². The van der Waals surface area contributed by atoms with Crippen molar-refractivity contribution in [1.82, 2.24) is 19.4 Å². The SMILES string of the molecule is Cn1ncc(Cl)c1CNC(=O)C1CCN(S(C)(=O)=O)CC1. The molecule has 1 saturated heterocycles. The van der Waals surface area contributed by atoms with Crippen LogP contribution in [0.5, 0.6) is 0 Å². The van der Waals surface area contributed by atoms with Crippen LogP contribution < -0.4 is 5.32 Å². The zero-order valence-electron chi connectivity index (χ0n) is 12.0. The van der Waals surface area contributed by atoms with Gasteiger partial charge in [-0.05, 0) is 12.8 Å². The zero-order chi connectivity index (χ0) is 15.6. The van der Waals surface area contributed by atoms with E-state index in [1.165, 1.54) is 16.8 Å². The summed E-state index contributed by atoms with van der Waals surface area (Å²) < 4.78 is 25.9. The number of rotatable bonds is 4. The van der Waals surface area contributed by atoms with Gasteiger partial charge in [-0.25, -0.2) is 12.7 Å². The van der Waals surface area contributed by atoms with Crippen LogP contribution in [0.4, 0.5) is 0 Å². The quantitative estimate of drug-likeness (QED) is 0.861. The third-order valence-corrected chi connectivity index (χ3v) is 5.35. The van der Waals surface area contributed by atoms with Gasteiger partial charge in [0.2, 0.25) is 15.9 Å². The van der Waals surface area contributed by atoms with Gasteiger partial charge in [-0.2, -0.15) is 5.10 Å². The molecule has 1 aliphatic rings. The van der Waals surface area contributed by atoms with Crippen molar-refractivity contribution in [3.63, 3.8) is 0 Å². The van der Waals surface area contributed by atoms with Crippen LogP contribution in [0, 0.1) is 5.92 Å². The maximum atomic E-state index is 12.1. The van der Waals surface area contributed by atoms with Crippen LogP contribution >= 0.6 is 11.6 Å². The number of piperidine rings is 1. The van der Waals surface area contributed by atoms with Crippen molar-refractivity contribution in [1.29, 1.82) is 0 Å². The minimum absolute atomic E-state index is 0.0691. The summed E-state index contributed by atoms with van der Waals surface area (Å²) in [6, 6.07) is 0. The average molecular weight is 335 g/mol. The largest absolute Gasteiger partial charge is 0.350 e. The Labute approximate surface area is 129 Å². The smallest absolute Gasteiger partial charge is 0.223 e. The van der Waals surface area contributed by atoms with E-state index in [-0.39, 0.29) is 11.8 Å². The van der Waals surface area contributed by atoms with Crippen LogP contribution in [-0.2, 0) is 28.4 Å². The number of halogens is 1. The summed E-state index contributed by atoms with van der Waals surface area (Å²) in [5, 5.41) is 7.36. The first-order valence-corrected chi connectivity index (χ1v) is 8.91. The van der Waals surface area contributed by atoms with Crippen LogP contribution in [0.3, 0.4) is 0 Å². The Bertz CT molecular complexity index is 601.